The fourth-order valence-electron chi connectivity index (χ4n) is 14.8. The first-order chi connectivity index (χ1) is 31.6. The molecular weight excluding hydrogens is 849 g/mol. The van der Waals surface area contributed by atoms with Crippen LogP contribution in [-0.2, 0) is 65.5 Å². The summed E-state index contributed by atoms with van der Waals surface area (Å²) >= 11 is 0. The number of carbonyl (C=O) groups is 4. The maximum Gasteiger partial charge on any atom is 0.313 e. The lowest BCUT2D eigenvalue weighted by molar-refractivity contribution is -0.337. The molecule has 13 atom stereocenters. The summed E-state index contributed by atoms with van der Waals surface area (Å²) in [5.74, 6) is -0.818. The lowest BCUT2D eigenvalue weighted by Crippen LogP contribution is -2.66. The fourth-order valence-corrected chi connectivity index (χ4v) is 14.8. The summed E-state index contributed by atoms with van der Waals surface area (Å²) in [7, 11) is 0. The molecule has 1 saturated heterocycles. The average Bonchev–Trinajstić information content (AvgIpc) is 3.27. The Hall–Kier alpha value is -4.06. The number of carbonyl (C=O) groups excluding carboxylic acids is 4. The van der Waals surface area contributed by atoms with Crippen LogP contribution in [0.25, 0.3) is 0 Å². The van der Waals surface area contributed by atoms with E-state index in [0.717, 1.165) is 75.3 Å². The normalized spacial score (nSPS) is 38.3. The van der Waals surface area contributed by atoms with Crippen LogP contribution in [0.2, 0.25) is 0 Å². The van der Waals surface area contributed by atoms with Crippen molar-refractivity contribution in [3.05, 3.63) is 83.4 Å². The summed E-state index contributed by atoms with van der Waals surface area (Å²) in [6.45, 7) is 21.2. The van der Waals surface area contributed by atoms with E-state index in [1.54, 1.807) is 0 Å². The Labute approximate surface area is 398 Å². The molecular formula is C56H76O11. The van der Waals surface area contributed by atoms with Gasteiger partial charge in [0, 0.05) is 20.8 Å². The van der Waals surface area contributed by atoms with Gasteiger partial charge in [-0.15, -0.1) is 0 Å². The molecule has 1 aliphatic heterocycles. The molecule has 5 aliphatic carbocycles. The highest BCUT2D eigenvalue weighted by Gasteiger charge is 2.70. The van der Waals surface area contributed by atoms with E-state index in [4.69, 9.17) is 33.2 Å². The fraction of sp³-hybridized carbons (Fsp3) is 0.679. The summed E-state index contributed by atoms with van der Waals surface area (Å²) < 4.78 is 43.9. The lowest BCUT2D eigenvalue weighted by Gasteiger charge is -2.71. The minimum Gasteiger partial charge on any atom is -0.463 e. The molecule has 366 valence electrons. The number of hydrogen-bond donors (Lipinski definition) is 0. The summed E-state index contributed by atoms with van der Waals surface area (Å²) in [6, 6.07) is 19.6. The molecule has 2 aromatic carbocycles. The summed E-state index contributed by atoms with van der Waals surface area (Å²) in [5.41, 5.74) is 2.61. The van der Waals surface area contributed by atoms with Crippen molar-refractivity contribution in [1.82, 2.24) is 0 Å². The number of fused-ring (bicyclic) bond motifs is 7. The molecule has 0 amide bonds. The van der Waals surface area contributed by atoms with Gasteiger partial charge in [0.25, 0.3) is 0 Å². The van der Waals surface area contributed by atoms with Gasteiger partial charge < -0.3 is 33.2 Å². The van der Waals surface area contributed by atoms with Gasteiger partial charge in [-0.2, -0.15) is 0 Å². The molecule has 0 bridgehead atoms. The van der Waals surface area contributed by atoms with Crippen LogP contribution in [0.3, 0.4) is 0 Å². The standard InChI is InChI=1S/C56H76O11/c1-35(57)61-34-42-46(64-36(2)58)47(62-32-38-17-13-11-14-18-38)48(65-37(3)59)49(66-42)67-45-24-25-53(8)43(52(45,6)7)23-26-55(10)44(53)22-21-40-41-31-51(4,5)27-29-56(41,30-28-54(40,55)9)50(60)63-33-39-19-15-12-16-20-39/h11-21,41-49H,22-34H2,1-10H3/t41-,42+,43-,44+,45-,46+,47-,48+,49-,53-,54+,55+,56-/m0/s1. The van der Waals surface area contributed by atoms with Crippen LogP contribution in [-0.4, -0.2) is 67.3 Å². The van der Waals surface area contributed by atoms with E-state index >= 15 is 0 Å². The van der Waals surface area contributed by atoms with Gasteiger partial charge in [-0.3, -0.25) is 19.2 Å². The highest BCUT2D eigenvalue weighted by atomic mass is 16.7. The number of benzene rings is 2. The van der Waals surface area contributed by atoms with Gasteiger partial charge in [-0.25, -0.2) is 0 Å². The molecule has 4 saturated carbocycles. The van der Waals surface area contributed by atoms with E-state index in [0.29, 0.717) is 18.4 Å². The second-order valence-electron chi connectivity index (χ2n) is 23.2. The van der Waals surface area contributed by atoms with Gasteiger partial charge in [-0.1, -0.05) is 121 Å². The molecule has 5 fully saturated rings. The van der Waals surface area contributed by atoms with E-state index in [-0.39, 0.29) is 58.3 Å². The van der Waals surface area contributed by atoms with E-state index in [1.807, 2.05) is 60.7 Å². The lowest BCUT2D eigenvalue weighted by atomic mass is 9.33. The molecule has 8 rings (SSSR count). The predicted molar refractivity (Wildman–Crippen MR) is 252 cm³/mol. The van der Waals surface area contributed by atoms with Gasteiger partial charge in [0.1, 0.15) is 25.4 Å². The molecule has 0 N–H and O–H groups in total. The zero-order valence-electron chi connectivity index (χ0n) is 41.7. The van der Waals surface area contributed by atoms with E-state index < -0.39 is 54.0 Å². The van der Waals surface area contributed by atoms with Crippen molar-refractivity contribution in [1.29, 1.82) is 0 Å². The number of hydrogen-bond acceptors (Lipinski definition) is 11. The molecule has 2 aromatic rings. The number of ether oxygens (including phenoxy) is 7. The van der Waals surface area contributed by atoms with Gasteiger partial charge >= 0.3 is 23.9 Å². The minimum atomic E-state index is -1.11. The topological polar surface area (TPSA) is 133 Å². The van der Waals surface area contributed by atoms with Crippen LogP contribution in [0.5, 0.6) is 0 Å². The molecule has 0 aromatic heterocycles. The zero-order valence-corrected chi connectivity index (χ0v) is 41.7. The van der Waals surface area contributed by atoms with Crippen molar-refractivity contribution in [3.8, 4) is 0 Å². The van der Waals surface area contributed by atoms with Crippen LogP contribution in [0.1, 0.15) is 145 Å². The SMILES string of the molecule is CC(=O)OC[C@H]1O[C@@H](O[C@H]2CC[C@]3(C)[C@H]4CC=C5[C@@H]6CC(C)(C)CC[C@]6(C(=O)OCc6ccccc6)CC[C@@]5(C)[C@]4(C)CC[C@H]3C2(C)C)[C@H](OC(C)=O)[C@@H](OCc2ccccc2)[C@@H]1OC(C)=O. The maximum absolute atomic E-state index is 14.5. The number of rotatable bonds is 12. The molecule has 11 heteroatoms. The average molecular weight is 925 g/mol. The van der Waals surface area contributed by atoms with Crippen molar-refractivity contribution in [2.45, 2.75) is 183 Å². The van der Waals surface area contributed by atoms with Crippen molar-refractivity contribution < 1.29 is 52.3 Å². The third-order valence-electron chi connectivity index (χ3n) is 18.4. The van der Waals surface area contributed by atoms with E-state index in [1.165, 1.54) is 26.3 Å². The van der Waals surface area contributed by atoms with E-state index in [2.05, 4.69) is 54.5 Å². The first-order valence-corrected chi connectivity index (χ1v) is 25.0. The largest absolute Gasteiger partial charge is 0.463 e. The van der Waals surface area contributed by atoms with Crippen LogP contribution < -0.4 is 0 Å². The highest BCUT2D eigenvalue weighted by Crippen LogP contribution is 2.76. The third kappa shape index (κ3) is 9.15. The van der Waals surface area contributed by atoms with Crippen molar-refractivity contribution in [3.63, 3.8) is 0 Å². The Kier molecular flexibility index (Phi) is 13.8. The van der Waals surface area contributed by atoms with Crippen molar-refractivity contribution in [2.75, 3.05) is 6.61 Å². The zero-order chi connectivity index (χ0) is 48.2. The predicted octanol–water partition coefficient (Wildman–Crippen LogP) is 10.7. The van der Waals surface area contributed by atoms with Gasteiger partial charge in [-0.05, 0) is 120 Å². The Bertz CT molecular complexity index is 2170. The van der Waals surface area contributed by atoms with Crippen LogP contribution in [0, 0.1) is 50.2 Å². The van der Waals surface area contributed by atoms with Crippen LogP contribution in [0.4, 0.5) is 0 Å². The molecule has 0 unspecified atom stereocenters. The second-order valence-corrected chi connectivity index (χ2v) is 23.2. The first-order valence-electron chi connectivity index (χ1n) is 25.0. The third-order valence-corrected chi connectivity index (χ3v) is 18.4. The van der Waals surface area contributed by atoms with Crippen LogP contribution in [0.15, 0.2) is 72.3 Å². The molecule has 0 spiro atoms. The summed E-state index contributed by atoms with van der Waals surface area (Å²) in [6.07, 6.45) is 6.46. The Balaban J connectivity index is 1.07. The smallest absolute Gasteiger partial charge is 0.313 e. The molecule has 11 nitrogen and oxygen atoms in total. The van der Waals surface area contributed by atoms with Gasteiger partial charge in [0.2, 0.25) is 0 Å². The first kappa shape index (κ1) is 49.4. The number of esters is 4. The van der Waals surface area contributed by atoms with Gasteiger partial charge in [0.05, 0.1) is 18.1 Å². The number of allylic oxidation sites excluding steroid dienone is 2. The van der Waals surface area contributed by atoms with Crippen LogP contribution >= 0.6 is 0 Å². The van der Waals surface area contributed by atoms with Gasteiger partial charge in [0.15, 0.2) is 18.5 Å². The monoisotopic (exact) mass is 925 g/mol. The molecule has 0 radical (unpaired) electrons. The van der Waals surface area contributed by atoms with Crippen molar-refractivity contribution in [2.24, 2.45) is 50.2 Å². The van der Waals surface area contributed by atoms with E-state index in [9.17, 15) is 19.2 Å². The summed E-state index contributed by atoms with van der Waals surface area (Å²) in [5, 5.41) is 0. The summed E-state index contributed by atoms with van der Waals surface area (Å²) in [4.78, 5) is 52.2. The molecule has 67 heavy (non-hydrogen) atoms. The Morgan fingerprint density at radius 3 is 1.93 bits per heavy atom. The maximum atomic E-state index is 14.5. The minimum absolute atomic E-state index is 0.0136. The highest BCUT2D eigenvalue weighted by molar-refractivity contribution is 5.79. The Morgan fingerprint density at radius 2 is 1.28 bits per heavy atom. The molecule has 6 aliphatic rings. The van der Waals surface area contributed by atoms with Crippen molar-refractivity contribution >= 4 is 23.9 Å². The molecule has 1 heterocycles. The second kappa shape index (κ2) is 18.7. The quantitative estimate of drug-likeness (QED) is 0.0872. The Morgan fingerprint density at radius 1 is 0.657 bits per heavy atom.